The summed E-state index contributed by atoms with van der Waals surface area (Å²) in [6.07, 6.45) is 2.72. The normalized spacial score (nSPS) is 13.8. The molecular formula is C20H28N6O2. The number of aromatic nitrogens is 4. The maximum Gasteiger partial charge on any atom is 0.251 e. The highest BCUT2D eigenvalue weighted by atomic mass is 16.2. The van der Waals surface area contributed by atoms with E-state index in [1.807, 2.05) is 38.7 Å². The molecule has 0 unspecified atom stereocenters. The summed E-state index contributed by atoms with van der Waals surface area (Å²) in [4.78, 5) is 35.2. The zero-order valence-corrected chi connectivity index (χ0v) is 17.1. The van der Waals surface area contributed by atoms with Gasteiger partial charge in [-0.1, -0.05) is 0 Å². The topological polar surface area (TPSA) is 93.0 Å². The predicted octanol–water partition coefficient (Wildman–Crippen LogP) is 1.57. The lowest BCUT2D eigenvalue weighted by atomic mass is 10.1. The summed E-state index contributed by atoms with van der Waals surface area (Å²) >= 11 is 0. The van der Waals surface area contributed by atoms with E-state index in [0.717, 1.165) is 54.3 Å². The Labute approximate surface area is 165 Å². The van der Waals surface area contributed by atoms with Crippen LogP contribution in [0, 0.1) is 27.7 Å². The summed E-state index contributed by atoms with van der Waals surface area (Å²) < 4.78 is 1.69. The summed E-state index contributed by atoms with van der Waals surface area (Å²) in [6, 6.07) is 1.91. The van der Waals surface area contributed by atoms with Crippen LogP contribution in [0.5, 0.6) is 0 Å². The van der Waals surface area contributed by atoms with E-state index in [9.17, 15) is 9.59 Å². The van der Waals surface area contributed by atoms with Crippen LogP contribution in [-0.4, -0.2) is 56.1 Å². The van der Waals surface area contributed by atoms with Crippen LogP contribution in [0.2, 0.25) is 0 Å². The van der Waals surface area contributed by atoms with Gasteiger partial charge < -0.3 is 10.2 Å². The third-order valence-electron chi connectivity index (χ3n) is 5.06. The summed E-state index contributed by atoms with van der Waals surface area (Å²) in [5, 5.41) is 7.38. The number of rotatable bonds is 6. The number of carbonyl (C=O) groups excluding carboxylic acids is 2. The van der Waals surface area contributed by atoms with Crippen LogP contribution in [0.3, 0.4) is 0 Å². The fourth-order valence-corrected chi connectivity index (χ4v) is 3.58. The minimum absolute atomic E-state index is 0.110. The van der Waals surface area contributed by atoms with E-state index in [1.54, 1.807) is 4.68 Å². The van der Waals surface area contributed by atoms with Crippen molar-refractivity contribution >= 4 is 11.8 Å². The average Bonchev–Trinajstić information content (AvgIpc) is 3.25. The lowest BCUT2D eigenvalue weighted by Gasteiger charge is -2.15. The minimum Gasteiger partial charge on any atom is -0.355 e. The first kappa shape index (κ1) is 20.0. The van der Waals surface area contributed by atoms with E-state index in [0.29, 0.717) is 18.9 Å². The monoisotopic (exact) mass is 384 g/mol. The Kier molecular flexibility index (Phi) is 6.06. The highest BCUT2D eigenvalue weighted by Gasteiger charge is 2.19. The Morgan fingerprint density at radius 1 is 1.07 bits per heavy atom. The van der Waals surface area contributed by atoms with Gasteiger partial charge in [0.1, 0.15) is 0 Å². The van der Waals surface area contributed by atoms with Crippen molar-refractivity contribution in [2.45, 2.75) is 53.4 Å². The number of hydrogen-bond acceptors (Lipinski definition) is 5. The van der Waals surface area contributed by atoms with Gasteiger partial charge in [-0.15, -0.1) is 0 Å². The van der Waals surface area contributed by atoms with Crippen molar-refractivity contribution in [3.8, 4) is 5.95 Å². The number of hydrogen-bond donors (Lipinski definition) is 1. The molecule has 3 heterocycles. The third-order valence-corrected chi connectivity index (χ3v) is 5.06. The summed E-state index contributed by atoms with van der Waals surface area (Å²) in [6.45, 7) is 9.67. The third kappa shape index (κ3) is 4.55. The zero-order valence-electron chi connectivity index (χ0n) is 17.1. The van der Waals surface area contributed by atoms with Gasteiger partial charge in [0.25, 0.3) is 5.95 Å². The molecule has 0 saturated carbocycles. The molecule has 1 saturated heterocycles. The van der Waals surface area contributed by atoms with Gasteiger partial charge in [-0.25, -0.2) is 14.6 Å². The maximum absolute atomic E-state index is 12.4. The number of nitrogens with zero attached hydrogens (tertiary/aromatic N) is 5. The molecule has 0 spiro atoms. The van der Waals surface area contributed by atoms with Gasteiger partial charge in [-0.05, 0) is 46.6 Å². The highest BCUT2D eigenvalue weighted by molar-refractivity contribution is 5.81. The van der Waals surface area contributed by atoms with Crippen LogP contribution in [0.25, 0.3) is 5.95 Å². The smallest absolute Gasteiger partial charge is 0.251 e. The Morgan fingerprint density at radius 3 is 2.36 bits per heavy atom. The summed E-state index contributed by atoms with van der Waals surface area (Å²) in [7, 11) is 0. The van der Waals surface area contributed by atoms with Crippen molar-refractivity contribution in [2.24, 2.45) is 0 Å². The molecule has 0 aromatic carbocycles. The van der Waals surface area contributed by atoms with Gasteiger partial charge in [0.05, 0.1) is 12.1 Å². The standard InChI is InChI=1S/C20H28N6O2/c1-13-11-14(2)23-20(22-13)26-16(4)17(15(3)24-26)12-18(27)21-8-7-19(28)25-9-5-6-10-25/h11H,5-10,12H2,1-4H3,(H,21,27). The molecule has 3 rings (SSSR count). The Hall–Kier alpha value is -2.77. The van der Waals surface area contributed by atoms with Crippen LogP contribution >= 0.6 is 0 Å². The Bertz CT molecular complexity index is 863. The maximum atomic E-state index is 12.4. The fourth-order valence-electron chi connectivity index (χ4n) is 3.58. The second kappa shape index (κ2) is 8.50. The van der Waals surface area contributed by atoms with Crippen molar-refractivity contribution in [2.75, 3.05) is 19.6 Å². The van der Waals surface area contributed by atoms with Gasteiger partial charge in [0.2, 0.25) is 11.8 Å². The fraction of sp³-hybridized carbons (Fsp3) is 0.550. The first-order valence-corrected chi connectivity index (χ1v) is 9.77. The molecule has 150 valence electrons. The van der Waals surface area contributed by atoms with Crippen LogP contribution in [-0.2, 0) is 16.0 Å². The number of likely N-dealkylation sites (tertiary alicyclic amines) is 1. The van der Waals surface area contributed by atoms with Crippen molar-refractivity contribution in [1.29, 1.82) is 0 Å². The quantitative estimate of drug-likeness (QED) is 0.816. The minimum atomic E-state index is -0.110. The van der Waals surface area contributed by atoms with Crippen molar-refractivity contribution < 1.29 is 9.59 Å². The van der Waals surface area contributed by atoms with E-state index in [1.165, 1.54) is 0 Å². The SMILES string of the molecule is Cc1cc(C)nc(-n2nc(C)c(CC(=O)NCCC(=O)N3CCCC3)c2C)n1. The Balaban J connectivity index is 1.61. The zero-order chi connectivity index (χ0) is 20.3. The molecule has 2 aromatic heterocycles. The lowest BCUT2D eigenvalue weighted by molar-refractivity contribution is -0.130. The van der Waals surface area contributed by atoms with Crippen molar-refractivity contribution in [3.05, 3.63) is 34.4 Å². The molecule has 0 atom stereocenters. The van der Waals surface area contributed by atoms with E-state index < -0.39 is 0 Å². The summed E-state index contributed by atoms with van der Waals surface area (Å²) in [5.74, 6) is 0.521. The van der Waals surface area contributed by atoms with Crippen LogP contribution < -0.4 is 5.32 Å². The van der Waals surface area contributed by atoms with Gasteiger partial charge in [0.15, 0.2) is 0 Å². The highest BCUT2D eigenvalue weighted by Crippen LogP contribution is 2.17. The second-order valence-electron chi connectivity index (χ2n) is 7.38. The second-order valence-corrected chi connectivity index (χ2v) is 7.38. The lowest BCUT2D eigenvalue weighted by Crippen LogP contribution is -2.33. The molecule has 1 N–H and O–H groups in total. The van der Waals surface area contributed by atoms with Gasteiger partial charge in [-0.2, -0.15) is 5.10 Å². The average molecular weight is 384 g/mol. The first-order chi connectivity index (χ1) is 13.3. The molecule has 1 fully saturated rings. The molecule has 28 heavy (non-hydrogen) atoms. The van der Waals surface area contributed by atoms with Crippen LogP contribution in [0.4, 0.5) is 0 Å². The van der Waals surface area contributed by atoms with Gasteiger partial charge in [-0.3, -0.25) is 9.59 Å². The first-order valence-electron chi connectivity index (χ1n) is 9.77. The molecule has 0 aliphatic carbocycles. The predicted molar refractivity (Wildman–Crippen MR) is 105 cm³/mol. The van der Waals surface area contributed by atoms with E-state index in [-0.39, 0.29) is 18.2 Å². The molecule has 1 aliphatic rings. The molecule has 1 aliphatic heterocycles. The van der Waals surface area contributed by atoms with Gasteiger partial charge >= 0.3 is 0 Å². The molecular weight excluding hydrogens is 356 g/mol. The van der Waals surface area contributed by atoms with Crippen LogP contribution in [0.1, 0.15) is 47.6 Å². The number of carbonyl (C=O) groups is 2. The van der Waals surface area contributed by atoms with E-state index in [2.05, 4.69) is 20.4 Å². The van der Waals surface area contributed by atoms with Gasteiger partial charge in [0, 0.05) is 48.7 Å². The van der Waals surface area contributed by atoms with Crippen LogP contribution in [0.15, 0.2) is 6.07 Å². The van der Waals surface area contributed by atoms with Crippen molar-refractivity contribution in [3.63, 3.8) is 0 Å². The molecule has 0 bridgehead atoms. The molecule has 8 nitrogen and oxygen atoms in total. The largest absolute Gasteiger partial charge is 0.355 e. The Morgan fingerprint density at radius 2 is 1.71 bits per heavy atom. The van der Waals surface area contributed by atoms with E-state index in [4.69, 9.17) is 0 Å². The molecule has 8 heteroatoms. The number of amides is 2. The molecule has 0 radical (unpaired) electrons. The van der Waals surface area contributed by atoms with Crippen molar-refractivity contribution in [1.82, 2.24) is 30.0 Å². The summed E-state index contributed by atoms with van der Waals surface area (Å²) in [5.41, 5.74) is 4.24. The number of aryl methyl sites for hydroxylation is 3. The molecule has 2 amide bonds. The molecule has 2 aromatic rings. The van der Waals surface area contributed by atoms with E-state index >= 15 is 0 Å². The number of nitrogens with one attached hydrogen (secondary N) is 1.